The van der Waals surface area contributed by atoms with Crippen LogP contribution in [-0.2, 0) is 0 Å². The third kappa shape index (κ3) is 4.00. The Morgan fingerprint density at radius 1 is 1.23 bits per heavy atom. The molecule has 2 aromatic rings. The number of nitrogens with zero attached hydrogens (tertiary/aromatic N) is 2. The molecule has 26 heavy (non-hydrogen) atoms. The molecule has 8 nitrogen and oxygen atoms in total. The van der Waals surface area contributed by atoms with Gasteiger partial charge in [-0.05, 0) is 18.9 Å². The van der Waals surface area contributed by atoms with E-state index in [-0.39, 0.29) is 26.9 Å². The third-order valence-corrected chi connectivity index (χ3v) is 5.24. The number of anilines is 2. The molecule has 1 aliphatic carbocycles. The third-order valence-electron chi connectivity index (χ3n) is 4.07. The summed E-state index contributed by atoms with van der Waals surface area (Å²) in [5.74, 6) is -1.32. The van der Waals surface area contributed by atoms with Crippen LogP contribution in [0.3, 0.4) is 0 Å². The molecule has 136 valence electrons. The van der Waals surface area contributed by atoms with Crippen LogP contribution in [0.4, 0.5) is 15.6 Å². The molecule has 0 unspecified atom stereocenters. The van der Waals surface area contributed by atoms with Crippen molar-refractivity contribution in [3.05, 3.63) is 34.1 Å². The molecule has 0 atom stereocenters. The smallest absolute Gasteiger partial charge is 0.357 e. The number of thiazole rings is 1. The number of aromatic nitrogens is 2. The Balaban J connectivity index is 1.72. The zero-order valence-corrected chi connectivity index (χ0v) is 15.1. The Kier molecular flexibility index (Phi) is 5.48. The van der Waals surface area contributed by atoms with E-state index >= 15 is 0 Å². The highest BCUT2D eigenvalue weighted by Gasteiger charge is 2.26. The number of amides is 2. The molecule has 2 aromatic heterocycles. The highest BCUT2D eigenvalue weighted by molar-refractivity contribution is 7.20. The summed E-state index contributed by atoms with van der Waals surface area (Å²) in [5.41, 5.74) is 0.374. The molecule has 3 N–H and O–H groups in total. The van der Waals surface area contributed by atoms with Gasteiger partial charge in [-0.3, -0.25) is 15.1 Å². The Morgan fingerprint density at radius 2 is 1.96 bits per heavy atom. The van der Waals surface area contributed by atoms with Crippen LogP contribution in [0.2, 0.25) is 4.34 Å². The van der Waals surface area contributed by atoms with Gasteiger partial charge in [0.25, 0.3) is 0 Å². The molecule has 0 aromatic carbocycles. The van der Waals surface area contributed by atoms with Gasteiger partial charge in [0.15, 0.2) is 16.6 Å². The van der Waals surface area contributed by atoms with Crippen LogP contribution in [0.25, 0.3) is 0 Å². The van der Waals surface area contributed by atoms with Crippen molar-refractivity contribution in [1.82, 2.24) is 9.97 Å². The predicted octanol–water partition coefficient (Wildman–Crippen LogP) is 3.91. The van der Waals surface area contributed by atoms with Crippen LogP contribution in [0.5, 0.6) is 0 Å². The van der Waals surface area contributed by atoms with Gasteiger partial charge >= 0.3 is 12.0 Å². The van der Waals surface area contributed by atoms with Crippen molar-refractivity contribution in [2.45, 2.75) is 25.7 Å². The average Bonchev–Trinajstić information content (AvgIpc) is 3.24. The van der Waals surface area contributed by atoms with Crippen LogP contribution >= 0.6 is 22.9 Å². The molecule has 1 aliphatic rings. The maximum Gasteiger partial charge on any atom is 0.357 e. The minimum absolute atomic E-state index is 0.00865. The van der Waals surface area contributed by atoms with Crippen molar-refractivity contribution < 1.29 is 19.5 Å². The minimum Gasteiger partial charge on any atom is -0.476 e. The first-order chi connectivity index (χ1) is 12.5. The number of hydrogen-bond acceptors (Lipinski definition) is 6. The molecular formula is C16H15ClN4O4S. The average molecular weight is 395 g/mol. The fourth-order valence-electron chi connectivity index (χ4n) is 2.85. The molecule has 10 heteroatoms. The van der Waals surface area contributed by atoms with E-state index in [1.54, 1.807) is 6.07 Å². The molecule has 2 heterocycles. The number of urea groups is 1. The Hall–Kier alpha value is -2.52. The van der Waals surface area contributed by atoms with E-state index in [1.165, 1.54) is 12.4 Å². The van der Waals surface area contributed by atoms with Gasteiger partial charge < -0.3 is 10.4 Å². The number of ketones is 1. The number of carboxylic acid groups (broad SMARTS) is 1. The molecule has 1 fully saturated rings. The number of aromatic carboxylic acids is 1. The lowest BCUT2D eigenvalue weighted by Gasteiger charge is -2.13. The number of pyridine rings is 1. The lowest BCUT2D eigenvalue weighted by molar-refractivity contribution is 0.0691. The maximum absolute atomic E-state index is 12.6. The normalized spacial score (nSPS) is 14.2. The molecule has 0 spiro atoms. The monoisotopic (exact) mass is 394 g/mol. The van der Waals surface area contributed by atoms with Crippen molar-refractivity contribution >= 4 is 51.5 Å². The van der Waals surface area contributed by atoms with Crippen molar-refractivity contribution in [2.24, 2.45) is 5.92 Å². The molecule has 0 aliphatic heterocycles. The van der Waals surface area contributed by atoms with Gasteiger partial charge in [-0.25, -0.2) is 14.6 Å². The van der Waals surface area contributed by atoms with Crippen LogP contribution in [0, 0.1) is 5.92 Å². The predicted molar refractivity (Wildman–Crippen MR) is 97.3 cm³/mol. The standard InChI is InChI=1S/C16H15ClN4O4S/c17-13-11(14(23)24)20-16(26-13)21-15(25)19-10-7-18-6-5-9(10)12(22)8-3-1-2-4-8/h5-8H,1-4H2,(H,23,24)(H2,19,20,21,25). The maximum atomic E-state index is 12.6. The lowest BCUT2D eigenvalue weighted by atomic mass is 9.96. The molecule has 0 bridgehead atoms. The van der Waals surface area contributed by atoms with E-state index in [4.69, 9.17) is 16.7 Å². The van der Waals surface area contributed by atoms with Gasteiger partial charge in [0.05, 0.1) is 11.9 Å². The Morgan fingerprint density at radius 3 is 2.62 bits per heavy atom. The fraction of sp³-hybridized carbons (Fsp3) is 0.312. The zero-order chi connectivity index (χ0) is 18.7. The quantitative estimate of drug-likeness (QED) is 0.661. The van der Waals surface area contributed by atoms with Crippen molar-refractivity contribution in [2.75, 3.05) is 10.6 Å². The number of carbonyl (C=O) groups is 3. The number of halogens is 1. The van der Waals surface area contributed by atoms with E-state index in [1.807, 2.05) is 0 Å². The summed E-state index contributed by atoms with van der Waals surface area (Å²) in [6.07, 6.45) is 6.66. The number of Topliss-reactive ketones (excluding diaryl/α,β-unsaturated/α-hetero) is 1. The van der Waals surface area contributed by atoms with Crippen molar-refractivity contribution in [3.63, 3.8) is 0 Å². The van der Waals surface area contributed by atoms with Gasteiger partial charge in [0, 0.05) is 17.7 Å². The van der Waals surface area contributed by atoms with Crippen molar-refractivity contribution in [1.29, 1.82) is 0 Å². The van der Waals surface area contributed by atoms with Gasteiger partial charge in [-0.1, -0.05) is 35.8 Å². The lowest BCUT2D eigenvalue weighted by Crippen LogP contribution is -2.22. The highest BCUT2D eigenvalue weighted by Crippen LogP contribution is 2.31. The number of rotatable bonds is 5. The topological polar surface area (TPSA) is 121 Å². The second-order valence-electron chi connectivity index (χ2n) is 5.79. The second kappa shape index (κ2) is 7.79. The van der Waals surface area contributed by atoms with Crippen LogP contribution in [-0.4, -0.2) is 32.9 Å². The first-order valence-corrected chi connectivity index (χ1v) is 9.11. The van der Waals surface area contributed by atoms with Gasteiger partial charge in [-0.15, -0.1) is 0 Å². The minimum atomic E-state index is -1.28. The summed E-state index contributed by atoms with van der Waals surface area (Å²) in [7, 11) is 0. The van der Waals surface area contributed by atoms with E-state index in [2.05, 4.69) is 20.6 Å². The number of nitrogens with one attached hydrogen (secondary N) is 2. The van der Waals surface area contributed by atoms with Gasteiger partial charge in [-0.2, -0.15) is 0 Å². The summed E-state index contributed by atoms with van der Waals surface area (Å²) in [5, 5.41) is 14.0. The van der Waals surface area contributed by atoms with Crippen molar-refractivity contribution in [3.8, 4) is 0 Å². The fourth-order valence-corrected chi connectivity index (χ4v) is 3.88. The summed E-state index contributed by atoms with van der Waals surface area (Å²) < 4.78 is -0.0359. The summed E-state index contributed by atoms with van der Waals surface area (Å²) in [6, 6.07) is 0.917. The zero-order valence-electron chi connectivity index (χ0n) is 13.5. The molecule has 2 amide bonds. The second-order valence-corrected chi connectivity index (χ2v) is 7.39. The van der Waals surface area contributed by atoms with E-state index in [0.29, 0.717) is 11.3 Å². The molecule has 1 saturated carbocycles. The Bertz CT molecular complexity index is 864. The van der Waals surface area contributed by atoms with Gasteiger partial charge in [0.1, 0.15) is 4.34 Å². The van der Waals surface area contributed by atoms with E-state index in [9.17, 15) is 14.4 Å². The largest absolute Gasteiger partial charge is 0.476 e. The molecule has 0 radical (unpaired) electrons. The van der Waals surface area contributed by atoms with Crippen LogP contribution in [0.15, 0.2) is 18.5 Å². The molecule has 3 rings (SSSR count). The van der Waals surface area contributed by atoms with Crippen LogP contribution < -0.4 is 10.6 Å². The summed E-state index contributed by atoms with van der Waals surface area (Å²) in [4.78, 5) is 43.5. The number of carboxylic acids is 1. The summed E-state index contributed by atoms with van der Waals surface area (Å²) in [6.45, 7) is 0. The summed E-state index contributed by atoms with van der Waals surface area (Å²) >= 11 is 6.60. The number of carbonyl (C=O) groups excluding carboxylic acids is 2. The first kappa shape index (κ1) is 18.3. The first-order valence-electron chi connectivity index (χ1n) is 7.91. The Labute approximate surface area is 157 Å². The molecule has 0 saturated heterocycles. The van der Waals surface area contributed by atoms with E-state index in [0.717, 1.165) is 37.0 Å². The van der Waals surface area contributed by atoms with Gasteiger partial charge in [0.2, 0.25) is 0 Å². The van der Waals surface area contributed by atoms with Crippen LogP contribution in [0.1, 0.15) is 46.5 Å². The van der Waals surface area contributed by atoms with E-state index < -0.39 is 12.0 Å². The SMILES string of the molecule is O=C(Nc1nc(C(=O)O)c(Cl)s1)Nc1cnccc1C(=O)C1CCCC1. The number of hydrogen-bond donors (Lipinski definition) is 3. The highest BCUT2D eigenvalue weighted by atomic mass is 35.5. The molecular weight excluding hydrogens is 380 g/mol.